The van der Waals surface area contributed by atoms with Gasteiger partial charge in [-0.2, -0.15) is 0 Å². The fourth-order valence-corrected chi connectivity index (χ4v) is 3.13. The van der Waals surface area contributed by atoms with Crippen molar-refractivity contribution in [2.45, 2.75) is 31.6 Å². The predicted octanol–water partition coefficient (Wildman–Crippen LogP) is 1.99. The lowest BCUT2D eigenvalue weighted by molar-refractivity contribution is -0.161. The highest BCUT2D eigenvalue weighted by Gasteiger charge is 2.53. The van der Waals surface area contributed by atoms with Crippen LogP contribution in [0.1, 0.15) is 37.2 Å². The highest BCUT2D eigenvalue weighted by molar-refractivity contribution is 6.03. The van der Waals surface area contributed by atoms with Crippen molar-refractivity contribution in [3.05, 3.63) is 35.9 Å². The highest BCUT2D eigenvalue weighted by Crippen LogP contribution is 2.48. The van der Waals surface area contributed by atoms with Crippen LogP contribution in [0.3, 0.4) is 0 Å². The number of nitrogens with two attached hydrogens (primary N) is 1. The summed E-state index contributed by atoms with van der Waals surface area (Å²) in [6.07, 6.45) is 3.06. The highest BCUT2D eigenvalue weighted by atomic mass is 16.5. The molecule has 1 saturated carbocycles. The molecule has 1 aromatic carbocycles. The number of rotatable bonds is 3. The molecule has 4 heteroatoms. The van der Waals surface area contributed by atoms with E-state index in [0.29, 0.717) is 6.42 Å². The van der Waals surface area contributed by atoms with E-state index in [1.807, 2.05) is 30.3 Å². The standard InChI is InChI=1S/C15H19NO3/c1-19-14(18)15(13(16)17)10-6-5-9-12(15)11-7-3-2-4-8-11/h2-4,7-8,12H,5-6,9-10H2,1H3,(H2,16,17)/t12-,15+/m1/s1. The zero-order valence-electron chi connectivity index (χ0n) is 11.1. The van der Waals surface area contributed by atoms with Crippen molar-refractivity contribution in [1.29, 1.82) is 0 Å². The summed E-state index contributed by atoms with van der Waals surface area (Å²) in [7, 11) is 1.31. The van der Waals surface area contributed by atoms with E-state index in [0.717, 1.165) is 24.8 Å². The molecule has 1 amide bonds. The second-order valence-corrected chi connectivity index (χ2v) is 5.04. The van der Waals surface area contributed by atoms with E-state index in [2.05, 4.69) is 0 Å². The fourth-order valence-electron chi connectivity index (χ4n) is 3.13. The number of methoxy groups -OCH3 is 1. The van der Waals surface area contributed by atoms with Crippen molar-refractivity contribution < 1.29 is 14.3 Å². The van der Waals surface area contributed by atoms with Gasteiger partial charge in [-0.1, -0.05) is 43.2 Å². The van der Waals surface area contributed by atoms with Gasteiger partial charge >= 0.3 is 5.97 Å². The SMILES string of the molecule is COC(=O)[C@@]1(C(N)=O)CCCC[C@@H]1c1ccccc1. The topological polar surface area (TPSA) is 69.4 Å². The molecule has 0 unspecified atom stereocenters. The first-order chi connectivity index (χ1) is 9.13. The lowest BCUT2D eigenvalue weighted by atomic mass is 9.63. The number of hydrogen-bond acceptors (Lipinski definition) is 3. The van der Waals surface area contributed by atoms with E-state index in [-0.39, 0.29) is 5.92 Å². The molecular weight excluding hydrogens is 242 g/mol. The number of esters is 1. The normalized spacial score (nSPS) is 26.7. The largest absolute Gasteiger partial charge is 0.468 e. The average Bonchev–Trinajstić information content (AvgIpc) is 2.47. The van der Waals surface area contributed by atoms with Crippen LogP contribution in [0.5, 0.6) is 0 Å². The molecule has 0 heterocycles. The van der Waals surface area contributed by atoms with E-state index in [4.69, 9.17) is 10.5 Å². The van der Waals surface area contributed by atoms with Crippen LogP contribution in [-0.2, 0) is 14.3 Å². The number of primary amides is 1. The quantitative estimate of drug-likeness (QED) is 0.668. The minimum absolute atomic E-state index is 0.188. The summed E-state index contributed by atoms with van der Waals surface area (Å²) < 4.78 is 4.87. The Morgan fingerprint density at radius 3 is 2.53 bits per heavy atom. The van der Waals surface area contributed by atoms with Gasteiger partial charge in [0.05, 0.1) is 7.11 Å². The molecule has 4 nitrogen and oxygen atoms in total. The first kappa shape index (κ1) is 13.6. The van der Waals surface area contributed by atoms with Crippen LogP contribution < -0.4 is 5.73 Å². The Labute approximate surface area is 112 Å². The summed E-state index contributed by atoms with van der Waals surface area (Å²) in [4.78, 5) is 24.2. The summed E-state index contributed by atoms with van der Waals surface area (Å²) in [6.45, 7) is 0. The summed E-state index contributed by atoms with van der Waals surface area (Å²) in [6, 6.07) is 9.61. The van der Waals surface area contributed by atoms with E-state index < -0.39 is 17.3 Å². The molecule has 0 aliphatic heterocycles. The number of amides is 1. The van der Waals surface area contributed by atoms with Crippen molar-refractivity contribution in [2.75, 3.05) is 7.11 Å². The molecule has 2 N–H and O–H groups in total. The van der Waals surface area contributed by atoms with Crippen LogP contribution in [0, 0.1) is 5.41 Å². The number of carbonyl (C=O) groups is 2. The molecule has 1 aliphatic rings. The smallest absolute Gasteiger partial charge is 0.321 e. The van der Waals surface area contributed by atoms with Crippen molar-refractivity contribution in [2.24, 2.45) is 11.1 Å². The Morgan fingerprint density at radius 1 is 1.26 bits per heavy atom. The summed E-state index contributed by atoms with van der Waals surface area (Å²) >= 11 is 0. The number of benzene rings is 1. The van der Waals surface area contributed by atoms with E-state index in [1.165, 1.54) is 7.11 Å². The van der Waals surface area contributed by atoms with Crippen LogP contribution in [-0.4, -0.2) is 19.0 Å². The Kier molecular flexibility index (Phi) is 3.88. The van der Waals surface area contributed by atoms with Gasteiger partial charge in [0.15, 0.2) is 5.41 Å². The van der Waals surface area contributed by atoms with Crippen molar-refractivity contribution >= 4 is 11.9 Å². The van der Waals surface area contributed by atoms with Crippen LogP contribution >= 0.6 is 0 Å². The molecule has 0 bridgehead atoms. The maximum atomic E-state index is 12.2. The van der Waals surface area contributed by atoms with Gasteiger partial charge in [-0.15, -0.1) is 0 Å². The zero-order valence-corrected chi connectivity index (χ0v) is 11.1. The summed E-state index contributed by atoms with van der Waals surface area (Å²) in [5.41, 5.74) is 5.33. The predicted molar refractivity (Wildman–Crippen MR) is 71.3 cm³/mol. The van der Waals surface area contributed by atoms with Crippen LogP contribution in [0.25, 0.3) is 0 Å². The molecule has 1 fully saturated rings. The third-order valence-corrected chi connectivity index (χ3v) is 4.10. The van der Waals surface area contributed by atoms with E-state index in [1.54, 1.807) is 0 Å². The van der Waals surface area contributed by atoms with Gasteiger partial charge in [0.1, 0.15) is 0 Å². The van der Waals surface area contributed by atoms with Gasteiger partial charge in [-0.05, 0) is 18.4 Å². The Balaban J connectivity index is 2.48. The van der Waals surface area contributed by atoms with Gasteiger partial charge in [-0.3, -0.25) is 9.59 Å². The molecule has 102 valence electrons. The minimum Gasteiger partial charge on any atom is -0.468 e. The van der Waals surface area contributed by atoms with Crippen molar-refractivity contribution in [1.82, 2.24) is 0 Å². The zero-order chi connectivity index (χ0) is 13.9. The molecule has 19 heavy (non-hydrogen) atoms. The van der Waals surface area contributed by atoms with Crippen LogP contribution in [0.4, 0.5) is 0 Å². The molecule has 0 radical (unpaired) electrons. The Hall–Kier alpha value is -1.84. The molecule has 1 aliphatic carbocycles. The summed E-state index contributed by atoms with van der Waals surface area (Å²) in [5, 5.41) is 0. The number of ether oxygens (including phenoxy) is 1. The van der Waals surface area contributed by atoms with Crippen molar-refractivity contribution in [3.63, 3.8) is 0 Å². The molecular formula is C15H19NO3. The van der Waals surface area contributed by atoms with Gasteiger partial charge in [-0.25, -0.2) is 0 Å². The average molecular weight is 261 g/mol. The molecule has 1 aromatic rings. The fraction of sp³-hybridized carbons (Fsp3) is 0.467. The third-order valence-electron chi connectivity index (χ3n) is 4.10. The molecule has 0 aromatic heterocycles. The van der Waals surface area contributed by atoms with Crippen LogP contribution in [0.15, 0.2) is 30.3 Å². The second-order valence-electron chi connectivity index (χ2n) is 5.04. The van der Waals surface area contributed by atoms with Gasteiger partial charge in [0.25, 0.3) is 0 Å². The summed E-state index contributed by atoms with van der Waals surface area (Å²) in [5.74, 6) is -1.27. The third kappa shape index (κ3) is 2.23. The number of hydrogen-bond donors (Lipinski definition) is 1. The van der Waals surface area contributed by atoms with Gasteiger partial charge in [0.2, 0.25) is 5.91 Å². The first-order valence-electron chi connectivity index (χ1n) is 6.56. The molecule has 0 saturated heterocycles. The number of carbonyl (C=O) groups excluding carboxylic acids is 2. The lowest BCUT2D eigenvalue weighted by Crippen LogP contribution is -2.50. The maximum absolute atomic E-state index is 12.2. The van der Waals surface area contributed by atoms with Gasteiger partial charge < -0.3 is 10.5 Å². The molecule has 2 atom stereocenters. The maximum Gasteiger partial charge on any atom is 0.321 e. The Bertz CT molecular complexity index is 472. The first-order valence-corrected chi connectivity index (χ1v) is 6.56. The van der Waals surface area contributed by atoms with Crippen molar-refractivity contribution in [3.8, 4) is 0 Å². The van der Waals surface area contributed by atoms with Crippen LogP contribution in [0.2, 0.25) is 0 Å². The molecule has 0 spiro atoms. The second kappa shape index (κ2) is 5.43. The van der Waals surface area contributed by atoms with Gasteiger partial charge in [0, 0.05) is 5.92 Å². The molecule has 2 rings (SSSR count). The Morgan fingerprint density at radius 2 is 1.95 bits per heavy atom. The minimum atomic E-state index is -1.21. The van der Waals surface area contributed by atoms with E-state index in [9.17, 15) is 9.59 Å². The monoisotopic (exact) mass is 261 g/mol. The van der Waals surface area contributed by atoms with E-state index >= 15 is 0 Å². The lowest BCUT2D eigenvalue weighted by Gasteiger charge is -2.39.